The summed E-state index contributed by atoms with van der Waals surface area (Å²) in [7, 11) is 0. The molecule has 0 saturated heterocycles. The predicted octanol–water partition coefficient (Wildman–Crippen LogP) is 15.5. The van der Waals surface area contributed by atoms with Crippen molar-refractivity contribution in [3.63, 3.8) is 0 Å². The summed E-state index contributed by atoms with van der Waals surface area (Å²) >= 11 is 1.75. The Balaban J connectivity index is 1.08. The van der Waals surface area contributed by atoms with Crippen LogP contribution in [0.3, 0.4) is 0 Å². The van der Waals surface area contributed by atoms with Crippen molar-refractivity contribution >= 4 is 48.7 Å². The molecule has 0 unspecified atom stereocenters. The van der Waals surface area contributed by atoms with Gasteiger partial charge in [-0.25, -0.2) is 24.9 Å². The monoisotopic (exact) mass is 898 g/mol. The Labute approximate surface area is 402 Å². The molecule has 7 heteroatoms. The van der Waals surface area contributed by atoms with Gasteiger partial charge in [-0.05, 0) is 69.8 Å². The van der Waals surface area contributed by atoms with Gasteiger partial charge in [0.2, 0.25) is 0 Å². The molecule has 1 aliphatic carbocycles. The highest BCUT2D eigenvalue weighted by molar-refractivity contribution is 7.26. The molecule has 322 valence electrons. The SMILES string of the molecule is c1ccc(-c2nc(-c3ccccc3)nc(-c3cccc4c3-c3cc(-c5nc(-c6ccccc6)c6sc7ccccc7c6n5)ccc3C43c4ccccc4N(c4ccccc4)c4ccccc43)n2)cc1. The van der Waals surface area contributed by atoms with Gasteiger partial charge >= 0.3 is 0 Å². The summed E-state index contributed by atoms with van der Waals surface area (Å²) in [6.45, 7) is 0. The minimum absolute atomic E-state index is 0.602. The van der Waals surface area contributed by atoms with Crippen LogP contribution in [0.5, 0.6) is 0 Å². The van der Waals surface area contributed by atoms with E-state index < -0.39 is 5.41 Å². The fourth-order valence-electron chi connectivity index (χ4n) is 10.8. The summed E-state index contributed by atoms with van der Waals surface area (Å²) in [4.78, 5) is 29.1. The van der Waals surface area contributed by atoms with Gasteiger partial charge in [-0.3, -0.25) is 0 Å². The van der Waals surface area contributed by atoms with E-state index in [0.29, 0.717) is 23.3 Å². The van der Waals surface area contributed by atoms with Crippen LogP contribution in [0.25, 0.3) is 88.2 Å². The van der Waals surface area contributed by atoms with Gasteiger partial charge in [0.15, 0.2) is 23.3 Å². The second-order valence-corrected chi connectivity index (χ2v) is 18.6. The highest BCUT2D eigenvalue weighted by atomic mass is 32.1. The fourth-order valence-corrected chi connectivity index (χ4v) is 12.0. The Hall–Kier alpha value is -8.91. The topological polar surface area (TPSA) is 67.7 Å². The summed E-state index contributed by atoms with van der Waals surface area (Å²) in [5.41, 5.74) is 16.1. The van der Waals surface area contributed by atoms with E-state index >= 15 is 0 Å². The molecule has 0 N–H and O–H groups in total. The molecule has 0 bridgehead atoms. The third kappa shape index (κ3) is 6.00. The summed E-state index contributed by atoms with van der Waals surface area (Å²) in [6.07, 6.45) is 0. The molecule has 4 heterocycles. The van der Waals surface area contributed by atoms with Gasteiger partial charge in [-0.2, -0.15) is 0 Å². The van der Waals surface area contributed by atoms with Crippen LogP contribution >= 0.6 is 11.3 Å². The van der Waals surface area contributed by atoms with Gasteiger partial charge in [0.1, 0.15) is 0 Å². The Kier molecular flexibility index (Phi) is 8.87. The molecule has 3 aromatic heterocycles. The van der Waals surface area contributed by atoms with Crippen molar-refractivity contribution in [2.45, 2.75) is 5.41 Å². The van der Waals surface area contributed by atoms with Crippen LogP contribution in [0.15, 0.2) is 231 Å². The first-order chi connectivity index (χ1) is 34.2. The number of anilines is 3. The molecule has 0 amide bonds. The van der Waals surface area contributed by atoms with E-state index in [4.69, 9.17) is 24.9 Å². The van der Waals surface area contributed by atoms with E-state index in [0.717, 1.165) is 82.9 Å². The van der Waals surface area contributed by atoms with Gasteiger partial charge < -0.3 is 4.90 Å². The van der Waals surface area contributed by atoms with Crippen molar-refractivity contribution in [2.24, 2.45) is 0 Å². The molecule has 0 atom stereocenters. The third-order valence-corrected chi connectivity index (χ3v) is 14.9. The number of fused-ring (bicyclic) bond motifs is 12. The van der Waals surface area contributed by atoms with Gasteiger partial charge in [-0.15, -0.1) is 11.3 Å². The first-order valence-corrected chi connectivity index (χ1v) is 24.0. The molecule has 2 aliphatic rings. The molecule has 0 fully saturated rings. The van der Waals surface area contributed by atoms with E-state index in [1.165, 1.54) is 21.4 Å². The predicted molar refractivity (Wildman–Crippen MR) is 281 cm³/mol. The number of nitrogens with zero attached hydrogens (tertiary/aromatic N) is 6. The van der Waals surface area contributed by atoms with Crippen molar-refractivity contribution in [1.29, 1.82) is 0 Å². The fraction of sp³-hybridized carbons (Fsp3) is 0.0161. The maximum absolute atomic E-state index is 5.47. The molecule has 1 aliphatic heterocycles. The summed E-state index contributed by atoms with van der Waals surface area (Å²) in [5.74, 6) is 2.50. The lowest BCUT2D eigenvalue weighted by Gasteiger charge is -2.45. The maximum Gasteiger partial charge on any atom is 0.164 e. The molecule has 12 aromatic rings. The Bertz CT molecular complexity index is 3860. The summed E-state index contributed by atoms with van der Waals surface area (Å²) in [5, 5.41) is 1.13. The van der Waals surface area contributed by atoms with Crippen LogP contribution in [0.2, 0.25) is 0 Å². The quantitative estimate of drug-likeness (QED) is 0.166. The Morgan fingerprint density at radius 3 is 1.57 bits per heavy atom. The van der Waals surface area contributed by atoms with E-state index in [9.17, 15) is 0 Å². The second-order valence-electron chi connectivity index (χ2n) is 17.5. The van der Waals surface area contributed by atoms with Gasteiger partial charge in [0, 0.05) is 43.6 Å². The average molecular weight is 899 g/mol. The molecule has 0 radical (unpaired) electrons. The van der Waals surface area contributed by atoms with Crippen LogP contribution in [0.4, 0.5) is 17.1 Å². The molecule has 69 heavy (non-hydrogen) atoms. The second kappa shape index (κ2) is 15.6. The zero-order valence-corrected chi connectivity index (χ0v) is 37.8. The molecule has 0 saturated carbocycles. The third-order valence-electron chi connectivity index (χ3n) is 13.7. The van der Waals surface area contributed by atoms with Crippen LogP contribution in [0.1, 0.15) is 22.3 Å². The van der Waals surface area contributed by atoms with Crippen molar-refractivity contribution in [1.82, 2.24) is 24.9 Å². The Morgan fingerprint density at radius 1 is 0.362 bits per heavy atom. The number of hydrogen-bond acceptors (Lipinski definition) is 7. The molecular formula is C62H38N6S. The van der Waals surface area contributed by atoms with Gasteiger partial charge in [0.25, 0.3) is 0 Å². The van der Waals surface area contributed by atoms with Crippen LogP contribution in [-0.2, 0) is 5.41 Å². The van der Waals surface area contributed by atoms with E-state index in [1.54, 1.807) is 11.3 Å². The summed E-state index contributed by atoms with van der Waals surface area (Å²) in [6, 6.07) is 81.5. The maximum atomic E-state index is 5.47. The van der Waals surface area contributed by atoms with E-state index in [1.807, 2.05) is 36.4 Å². The molecule has 14 rings (SSSR count). The largest absolute Gasteiger partial charge is 0.310 e. The standard InChI is InChI=1S/C62H38N6S/c1-5-20-39(21-6-1)55-57-56(44-28-13-18-35-53(44)69-57)64-60(63-55)42-36-37-47-46(38-42)54-45(61-66-58(40-22-7-2-8-23-40)65-59(67-61)41-24-9-3-10-25-41)29-19-32-50(54)62(47)48-30-14-16-33-51(48)68(43-26-11-4-12-27-43)52-34-17-15-31-49(52)62/h1-38H. The molecular weight excluding hydrogens is 861 g/mol. The first kappa shape index (κ1) is 39.3. The summed E-state index contributed by atoms with van der Waals surface area (Å²) < 4.78 is 2.27. The smallest absolute Gasteiger partial charge is 0.164 e. The molecule has 9 aromatic carbocycles. The normalized spacial score (nSPS) is 13.0. The zero-order valence-electron chi connectivity index (χ0n) is 37.0. The zero-order chi connectivity index (χ0) is 45.5. The average Bonchev–Trinajstić information content (AvgIpc) is 3.95. The molecule has 1 spiro atoms. The lowest BCUT2D eigenvalue weighted by atomic mass is 9.64. The van der Waals surface area contributed by atoms with Gasteiger partial charge in [0.05, 0.1) is 32.7 Å². The van der Waals surface area contributed by atoms with Crippen molar-refractivity contribution < 1.29 is 0 Å². The van der Waals surface area contributed by atoms with Crippen molar-refractivity contribution in [3.05, 3.63) is 253 Å². The lowest BCUT2D eigenvalue weighted by molar-refractivity contribution is 0.752. The van der Waals surface area contributed by atoms with E-state index in [-0.39, 0.29) is 0 Å². The highest BCUT2D eigenvalue weighted by Crippen LogP contribution is 2.64. The number of rotatable bonds is 6. The highest BCUT2D eigenvalue weighted by Gasteiger charge is 2.52. The molecule has 6 nitrogen and oxygen atoms in total. The van der Waals surface area contributed by atoms with Crippen LogP contribution in [-0.4, -0.2) is 24.9 Å². The minimum Gasteiger partial charge on any atom is -0.310 e. The lowest BCUT2D eigenvalue weighted by Crippen LogP contribution is -2.36. The number of para-hydroxylation sites is 3. The van der Waals surface area contributed by atoms with Crippen LogP contribution in [0, 0.1) is 0 Å². The van der Waals surface area contributed by atoms with Crippen molar-refractivity contribution in [3.8, 4) is 67.9 Å². The number of aromatic nitrogens is 5. The first-order valence-electron chi connectivity index (χ1n) is 23.2. The number of thiophene rings is 1. The minimum atomic E-state index is -0.723. The van der Waals surface area contributed by atoms with Crippen LogP contribution < -0.4 is 4.90 Å². The van der Waals surface area contributed by atoms with E-state index in [2.05, 4.69) is 199 Å². The van der Waals surface area contributed by atoms with Gasteiger partial charge in [-0.1, -0.05) is 194 Å². The number of hydrogen-bond donors (Lipinski definition) is 0. The van der Waals surface area contributed by atoms with Crippen molar-refractivity contribution in [2.75, 3.05) is 4.90 Å². The number of benzene rings is 9. The Morgan fingerprint density at radius 2 is 0.899 bits per heavy atom.